The smallest absolute Gasteiger partial charge is 0.253 e. The van der Waals surface area contributed by atoms with Gasteiger partial charge in [-0.2, -0.15) is 4.98 Å². The van der Waals surface area contributed by atoms with Gasteiger partial charge in [0.25, 0.3) is 5.91 Å². The molecule has 138 valence electrons. The van der Waals surface area contributed by atoms with E-state index in [4.69, 9.17) is 16.1 Å². The number of halogens is 2. The number of rotatable bonds is 3. The molecule has 1 aromatic heterocycles. The maximum atomic E-state index is 13.1. The lowest BCUT2D eigenvalue weighted by molar-refractivity contribution is 0.0695. The molecule has 1 aliphatic heterocycles. The number of carbonyl (C=O) groups excluding carboxylic acids is 1. The number of piperidine rings is 1. The van der Waals surface area contributed by atoms with E-state index in [0.29, 0.717) is 41.0 Å². The first-order chi connectivity index (χ1) is 13.1. The highest BCUT2D eigenvalue weighted by Crippen LogP contribution is 2.28. The van der Waals surface area contributed by atoms with Gasteiger partial charge < -0.3 is 9.42 Å². The molecule has 0 saturated carbocycles. The Morgan fingerprint density at radius 2 is 1.89 bits per heavy atom. The Balaban J connectivity index is 1.49. The molecular weight excluding hydrogens is 369 g/mol. The molecule has 0 bridgehead atoms. The summed E-state index contributed by atoms with van der Waals surface area (Å²) in [5.74, 6) is 0.562. The van der Waals surface area contributed by atoms with Gasteiger partial charge in [0.1, 0.15) is 5.82 Å². The molecule has 4 rings (SSSR count). The van der Waals surface area contributed by atoms with Crippen LogP contribution in [-0.2, 0) is 0 Å². The molecule has 0 spiro atoms. The molecule has 0 N–H and O–H groups in total. The normalized spacial score (nSPS) is 17.1. The second-order valence-electron chi connectivity index (χ2n) is 6.56. The lowest BCUT2D eigenvalue weighted by Crippen LogP contribution is -2.39. The molecule has 3 aromatic rings. The molecular formula is C20H17ClFN3O2. The molecule has 27 heavy (non-hydrogen) atoms. The van der Waals surface area contributed by atoms with Gasteiger partial charge in [0.05, 0.1) is 5.92 Å². The number of benzene rings is 2. The first-order valence-corrected chi connectivity index (χ1v) is 9.12. The standard InChI is InChI=1S/C20H17ClFN3O2/c21-16-7-3-14(4-8-16)20(26)25-11-1-2-15(12-25)19-23-18(24-27-19)13-5-9-17(22)10-6-13/h3-10,15H,1-2,11-12H2/t15-/m0/s1. The molecule has 0 aliphatic carbocycles. The van der Waals surface area contributed by atoms with Gasteiger partial charge in [-0.3, -0.25) is 4.79 Å². The van der Waals surface area contributed by atoms with Gasteiger partial charge in [-0.25, -0.2) is 4.39 Å². The summed E-state index contributed by atoms with van der Waals surface area (Å²) >= 11 is 5.89. The van der Waals surface area contributed by atoms with Crippen LogP contribution in [0.4, 0.5) is 4.39 Å². The first kappa shape index (κ1) is 17.7. The molecule has 7 heteroatoms. The number of amides is 1. The summed E-state index contributed by atoms with van der Waals surface area (Å²) in [5, 5.41) is 4.60. The van der Waals surface area contributed by atoms with Crippen LogP contribution < -0.4 is 0 Å². The zero-order valence-corrected chi connectivity index (χ0v) is 15.2. The van der Waals surface area contributed by atoms with Crippen molar-refractivity contribution in [2.45, 2.75) is 18.8 Å². The fourth-order valence-electron chi connectivity index (χ4n) is 3.26. The second-order valence-corrected chi connectivity index (χ2v) is 7.00. The van der Waals surface area contributed by atoms with E-state index in [1.807, 2.05) is 0 Å². The van der Waals surface area contributed by atoms with Crippen LogP contribution >= 0.6 is 11.6 Å². The van der Waals surface area contributed by atoms with Crippen molar-refractivity contribution < 1.29 is 13.7 Å². The number of hydrogen-bond acceptors (Lipinski definition) is 4. The van der Waals surface area contributed by atoms with Crippen LogP contribution in [0, 0.1) is 5.82 Å². The highest BCUT2D eigenvalue weighted by molar-refractivity contribution is 6.30. The van der Waals surface area contributed by atoms with Crippen molar-refractivity contribution in [1.29, 1.82) is 0 Å². The Labute approximate surface area is 160 Å². The summed E-state index contributed by atoms with van der Waals surface area (Å²) in [7, 11) is 0. The zero-order chi connectivity index (χ0) is 18.8. The van der Waals surface area contributed by atoms with Crippen molar-refractivity contribution in [3.05, 3.63) is 70.8 Å². The zero-order valence-electron chi connectivity index (χ0n) is 14.4. The highest BCUT2D eigenvalue weighted by atomic mass is 35.5. The van der Waals surface area contributed by atoms with Gasteiger partial charge in [0.2, 0.25) is 11.7 Å². The summed E-state index contributed by atoms with van der Waals surface area (Å²) in [5.41, 5.74) is 1.30. The lowest BCUT2D eigenvalue weighted by atomic mass is 9.97. The van der Waals surface area contributed by atoms with E-state index in [1.54, 1.807) is 41.3 Å². The van der Waals surface area contributed by atoms with Crippen molar-refractivity contribution >= 4 is 17.5 Å². The highest BCUT2D eigenvalue weighted by Gasteiger charge is 2.29. The van der Waals surface area contributed by atoms with Crippen LogP contribution in [0.3, 0.4) is 0 Å². The SMILES string of the molecule is O=C(c1ccc(Cl)cc1)N1CCC[C@H](c2nc(-c3ccc(F)cc3)no2)C1. The minimum absolute atomic E-state index is 0.0169. The minimum atomic E-state index is -0.314. The van der Waals surface area contributed by atoms with E-state index in [-0.39, 0.29) is 17.6 Å². The monoisotopic (exact) mass is 385 g/mol. The van der Waals surface area contributed by atoms with Crippen molar-refractivity contribution in [2.24, 2.45) is 0 Å². The Bertz CT molecular complexity index is 941. The molecule has 0 unspecified atom stereocenters. The number of hydrogen-bond donors (Lipinski definition) is 0. The van der Waals surface area contributed by atoms with Gasteiger partial charge in [-0.05, 0) is 61.4 Å². The minimum Gasteiger partial charge on any atom is -0.339 e. The van der Waals surface area contributed by atoms with Crippen molar-refractivity contribution in [1.82, 2.24) is 15.0 Å². The largest absolute Gasteiger partial charge is 0.339 e. The molecule has 1 saturated heterocycles. The third-order valence-corrected chi connectivity index (χ3v) is 4.95. The van der Waals surface area contributed by atoms with Crippen LogP contribution in [-0.4, -0.2) is 34.0 Å². The van der Waals surface area contributed by atoms with Gasteiger partial charge in [0, 0.05) is 29.2 Å². The second kappa shape index (κ2) is 7.48. The van der Waals surface area contributed by atoms with Gasteiger partial charge >= 0.3 is 0 Å². The Hall–Kier alpha value is -2.73. The number of carbonyl (C=O) groups is 1. The maximum Gasteiger partial charge on any atom is 0.253 e. The summed E-state index contributed by atoms with van der Waals surface area (Å²) in [6.07, 6.45) is 1.73. The third-order valence-electron chi connectivity index (χ3n) is 4.69. The summed E-state index contributed by atoms with van der Waals surface area (Å²) in [6.45, 7) is 1.21. The van der Waals surface area contributed by atoms with Crippen LogP contribution in [0.1, 0.15) is 35.0 Å². The molecule has 5 nitrogen and oxygen atoms in total. The van der Waals surface area contributed by atoms with Crippen LogP contribution in [0.2, 0.25) is 5.02 Å². The Morgan fingerprint density at radius 1 is 1.15 bits per heavy atom. The average molecular weight is 386 g/mol. The lowest BCUT2D eigenvalue weighted by Gasteiger charge is -2.31. The summed E-state index contributed by atoms with van der Waals surface area (Å²) < 4.78 is 18.5. The van der Waals surface area contributed by atoms with E-state index in [2.05, 4.69) is 10.1 Å². The number of likely N-dealkylation sites (tertiary alicyclic amines) is 1. The third kappa shape index (κ3) is 3.85. The van der Waals surface area contributed by atoms with E-state index in [1.165, 1.54) is 12.1 Å². The quantitative estimate of drug-likeness (QED) is 0.663. The average Bonchev–Trinajstić information content (AvgIpc) is 3.19. The predicted molar refractivity (Wildman–Crippen MR) is 99.0 cm³/mol. The van der Waals surface area contributed by atoms with E-state index < -0.39 is 0 Å². The summed E-state index contributed by atoms with van der Waals surface area (Å²) in [6, 6.07) is 12.8. The van der Waals surface area contributed by atoms with Crippen LogP contribution in [0.25, 0.3) is 11.4 Å². The van der Waals surface area contributed by atoms with Crippen molar-refractivity contribution in [3.8, 4) is 11.4 Å². The molecule has 1 aliphatic rings. The topological polar surface area (TPSA) is 59.2 Å². The van der Waals surface area contributed by atoms with Crippen LogP contribution in [0.15, 0.2) is 53.1 Å². The predicted octanol–water partition coefficient (Wildman–Crippen LogP) is 4.55. The van der Waals surface area contributed by atoms with E-state index >= 15 is 0 Å². The number of nitrogens with zero attached hydrogens (tertiary/aromatic N) is 3. The van der Waals surface area contributed by atoms with Gasteiger partial charge in [-0.1, -0.05) is 16.8 Å². The molecule has 2 aromatic carbocycles. The first-order valence-electron chi connectivity index (χ1n) is 8.74. The van der Waals surface area contributed by atoms with E-state index in [0.717, 1.165) is 12.8 Å². The summed E-state index contributed by atoms with van der Waals surface area (Å²) in [4.78, 5) is 19.0. The fourth-order valence-corrected chi connectivity index (χ4v) is 3.38. The van der Waals surface area contributed by atoms with Gasteiger partial charge in [-0.15, -0.1) is 0 Å². The fraction of sp³-hybridized carbons (Fsp3) is 0.250. The molecule has 1 fully saturated rings. The molecule has 1 amide bonds. The maximum absolute atomic E-state index is 13.1. The number of aromatic nitrogens is 2. The van der Waals surface area contributed by atoms with Crippen molar-refractivity contribution in [2.75, 3.05) is 13.1 Å². The van der Waals surface area contributed by atoms with Crippen LogP contribution in [0.5, 0.6) is 0 Å². The van der Waals surface area contributed by atoms with Gasteiger partial charge in [0.15, 0.2) is 0 Å². The Morgan fingerprint density at radius 3 is 2.63 bits per heavy atom. The molecule has 2 heterocycles. The molecule has 1 atom stereocenters. The Kier molecular flexibility index (Phi) is 4.90. The van der Waals surface area contributed by atoms with E-state index in [9.17, 15) is 9.18 Å². The molecule has 0 radical (unpaired) electrons. The van der Waals surface area contributed by atoms with Crippen molar-refractivity contribution in [3.63, 3.8) is 0 Å².